The minimum Gasteiger partial charge on any atom is -0.487 e. The molecule has 16 heavy (non-hydrogen) atoms. The van der Waals surface area contributed by atoms with Gasteiger partial charge in [0.15, 0.2) is 0 Å². The second kappa shape index (κ2) is 4.61. The maximum atomic E-state index is 10.8. The van der Waals surface area contributed by atoms with Gasteiger partial charge in [0.05, 0.1) is 6.42 Å². The van der Waals surface area contributed by atoms with E-state index in [1.165, 1.54) is 0 Å². The Morgan fingerprint density at radius 3 is 2.75 bits per heavy atom. The fourth-order valence-corrected chi connectivity index (χ4v) is 2.46. The summed E-state index contributed by atoms with van der Waals surface area (Å²) in [4.78, 5) is 10.8. The molecule has 0 aliphatic heterocycles. The molecular formula is C12H13IO3. The molecule has 0 heterocycles. The van der Waals surface area contributed by atoms with Gasteiger partial charge in [-0.1, -0.05) is 6.07 Å². The zero-order chi connectivity index (χ0) is 11.6. The summed E-state index contributed by atoms with van der Waals surface area (Å²) in [5.74, 6) is -0.0156. The first-order valence-corrected chi connectivity index (χ1v) is 6.34. The molecule has 0 unspecified atom stereocenters. The molecule has 1 aromatic carbocycles. The molecule has 0 radical (unpaired) electrons. The van der Waals surface area contributed by atoms with Crippen LogP contribution in [0.1, 0.15) is 25.7 Å². The zero-order valence-corrected chi connectivity index (χ0v) is 10.9. The van der Waals surface area contributed by atoms with Crippen molar-refractivity contribution in [2.45, 2.75) is 31.3 Å². The van der Waals surface area contributed by atoms with Crippen LogP contribution >= 0.6 is 22.6 Å². The molecule has 1 saturated carbocycles. The van der Waals surface area contributed by atoms with Crippen molar-refractivity contribution in [3.8, 4) is 5.75 Å². The van der Waals surface area contributed by atoms with Gasteiger partial charge in [-0.05, 0) is 60.1 Å². The van der Waals surface area contributed by atoms with Crippen molar-refractivity contribution in [1.29, 1.82) is 0 Å². The van der Waals surface area contributed by atoms with Gasteiger partial charge in [-0.3, -0.25) is 4.79 Å². The summed E-state index contributed by atoms with van der Waals surface area (Å²) >= 11 is 2.22. The highest BCUT2D eigenvalue weighted by Crippen LogP contribution is 2.39. The van der Waals surface area contributed by atoms with Crippen molar-refractivity contribution in [3.63, 3.8) is 0 Å². The zero-order valence-electron chi connectivity index (χ0n) is 8.78. The Morgan fingerprint density at radius 2 is 2.25 bits per heavy atom. The molecular weight excluding hydrogens is 319 g/mol. The molecule has 3 nitrogen and oxygen atoms in total. The van der Waals surface area contributed by atoms with E-state index in [1.807, 2.05) is 24.3 Å². The lowest BCUT2D eigenvalue weighted by molar-refractivity contribution is -0.144. The van der Waals surface area contributed by atoms with Gasteiger partial charge in [-0.25, -0.2) is 0 Å². The number of carboxylic acid groups (broad SMARTS) is 1. The minimum absolute atomic E-state index is 0.0957. The van der Waals surface area contributed by atoms with Gasteiger partial charge >= 0.3 is 5.97 Å². The maximum absolute atomic E-state index is 10.8. The third-order valence-electron chi connectivity index (χ3n) is 2.87. The van der Waals surface area contributed by atoms with E-state index >= 15 is 0 Å². The quantitative estimate of drug-likeness (QED) is 0.862. The van der Waals surface area contributed by atoms with Gasteiger partial charge in [0.1, 0.15) is 11.4 Å². The first-order valence-electron chi connectivity index (χ1n) is 5.26. The number of carbonyl (C=O) groups is 1. The van der Waals surface area contributed by atoms with Crippen molar-refractivity contribution in [1.82, 2.24) is 0 Å². The summed E-state index contributed by atoms with van der Waals surface area (Å²) in [5.41, 5.74) is -0.462. The fourth-order valence-electron chi connectivity index (χ4n) is 1.94. The molecule has 1 N–H and O–H groups in total. The number of ether oxygens (including phenoxy) is 1. The first kappa shape index (κ1) is 11.7. The molecule has 1 fully saturated rings. The predicted molar refractivity (Wildman–Crippen MR) is 68.6 cm³/mol. The molecule has 0 bridgehead atoms. The first-order chi connectivity index (χ1) is 7.60. The van der Waals surface area contributed by atoms with Crippen LogP contribution in [-0.4, -0.2) is 16.7 Å². The Kier molecular flexibility index (Phi) is 3.37. The van der Waals surface area contributed by atoms with Crippen LogP contribution in [-0.2, 0) is 4.79 Å². The molecule has 4 heteroatoms. The highest BCUT2D eigenvalue weighted by Gasteiger charge is 2.41. The van der Waals surface area contributed by atoms with E-state index in [-0.39, 0.29) is 6.42 Å². The molecule has 1 aromatic rings. The van der Waals surface area contributed by atoms with Crippen molar-refractivity contribution in [2.75, 3.05) is 0 Å². The van der Waals surface area contributed by atoms with Crippen molar-refractivity contribution in [3.05, 3.63) is 27.8 Å². The maximum Gasteiger partial charge on any atom is 0.307 e. The summed E-state index contributed by atoms with van der Waals surface area (Å²) < 4.78 is 6.94. The van der Waals surface area contributed by atoms with Gasteiger partial charge in [-0.2, -0.15) is 0 Å². The Morgan fingerprint density at radius 1 is 1.50 bits per heavy atom. The van der Waals surface area contributed by atoms with Crippen LogP contribution in [0.4, 0.5) is 0 Å². The average molecular weight is 332 g/mol. The lowest BCUT2D eigenvalue weighted by atomic mass is 9.77. The molecule has 1 aliphatic carbocycles. The lowest BCUT2D eigenvalue weighted by Crippen LogP contribution is -2.45. The number of aliphatic carboxylic acids is 1. The standard InChI is InChI=1S/C12H13IO3/c13-9-3-1-4-10(7-9)16-12(5-2-6-12)8-11(14)15/h1,3-4,7H,2,5-6,8H2,(H,14,15). The van der Waals surface area contributed by atoms with Crippen molar-refractivity contribution >= 4 is 28.6 Å². The third kappa shape index (κ3) is 2.66. The topological polar surface area (TPSA) is 46.5 Å². The van der Waals surface area contributed by atoms with Crippen LogP contribution in [0.3, 0.4) is 0 Å². The number of hydrogen-bond acceptors (Lipinski definition) is 2. The summed E-state index contributed by atoms with van der Waals surface area (Å²) in [5, 5.41) is 8.87. The van der Waals surface area contributed by atoms with E-state index in [2.05, 4.69) is 22.6 Å². The number of benzene rings is 1. The van der Waals surface area contributed by atoms with Crippen LogP contribution in [0.25, 0.3) is 0 Å². The highest BCUT2D eigenvalue weighted by molar-refractivity contribution is 14.1. The van der Waals surface area contributed by atoms with E-state index in [0.29, 0.717) is 0 Å². The molecule has 1 aliphatic rings. The van der Waals surface area contributed by atoms with Crippen LogP contribution < -0.4 is 4.74 Å². The summed E-state index contributed by atoms with van der Waals surface area (Å²) in [7, 11) is 0. The molecule has 0 spiro atoms. The van der Waals surface area contributed by atoms with Crippen LogP contribution in [0.5, 0.6) is 5.75 Å². The van der Waals surface area contributed by atoms with Gasteiger partial charge in [-0.15, -0.1) is 0 Å². The monoisotopic (exact) mass is 332 g/mol. The second-order valence-electron chi connectivity index (χ2n) is 4.17. The highest BCUT2D eigenvalue weighted by atomic mass is 127. The Labute approximate surface area is 108 Å². The van der Waals surface area contributed by atoms with E-state index in [0.717, 1.165) is 28.6 Å². The third-order valence-corrected chi connectivity index (χ3v) is 3.54. The number of carboxylic acids is 1. The Hall–Kier alpha value is -0.780. The van der Waals surface area contributed by atoms with Crippen molar-refractivity contribution < 1.29 is 14.6 Å². The molecule has 0 saturated heterocycles. The predicted octanol–water partition coefficient (Wildman–Crippen LogP) is 3.07. The van der Waals surface area contributed by atoms with E-state index in [1.54, 1.807) is 0 Å². The minimum atomic E-state index is -0.787. The summed E-state index contributed by atoms with van der Waals surface area (Å²) in [6.45, 7) is 0. The number of halogens is 1. The summed E-state index contributed by atoms with van der Waals surface area (Å²) in [6.07, 6.45) is 2.82. The summed E-state index contributed by atoms with van der Waals surface area (Å²) in [6, 6.07) is 7.72. The van der Waals surface area contributed by atoms with Crippen LogP contribution in [0.15, 0.2) is 24.3 Å². The van der Waals surface area contributed by atoms with Crippen molar-refractivity contribution in [2.24, 2.45) is 0 Å². The normalized spacial score (nSPS) is 17.6. The van der Waals surface area contributed by atoms with Gasteiger partial charge in [0.2, 0.25) is 0 Å². The smallest absolute Gasteiger partial charge is 0.307 e. The van der Waals surface area contributed by atoms with Crippen LogP contribution in [0.2, 0.25) is 0 Å². The SMILES string of the molecule is O=C(O)CC1(Oc2cccc(I)c2)CCC1. The van der Waals surface area contributed by atoms with Gasteiger partial charge in [0, 0.05) is 3.57 Å². The molecule has 2 rings (SSSR count). The lowest BCUT2D eigenvalue weighted by Gasteiger charge is -2.40. The van der Waals surface area contributed by atoms with Gasteiger partial charge in [0.25, 0.3) is 0 Å². The van der Waals surface area contributed by atoms with E-state index < -0.39 is 11.6 Å². The second-order valence-corrected chi connectivity index (χ2v) is 5.41. The molecule has 0 aromatic heterocycles. The Balaban J connectivity index is 2.09. The number of rotatable bonds is 4. The largest absolute Gasteiger partial charge is 0.487 e. The molecule has 0 amide bonds. The van der Waals surface area contributed by atoms with Gasteiger partial charge < -0.3 is 9.84 Å². The number of hydrogen-bond donors (Lipinski definition) is 1. The molecule has 0 atom stereocenters. The van der Waals surface area contributed by atoms with E-state index in [9.17, 15) is 4.79 Å². The van der Waals surface area contributed by atoms with E-state index in [4.69, 9.17) is 9.84 Å². The van der Waals surface area contributed by atoms with Crippen LogP contribution in [0, 0.1) is 3.57 Å². The average Bonchev–Trinajstić information content (AvgIpc) is 2.13. The fraction of sp³-hybridized carbons (Fsp3) is 0.417. The molecule has 86 valence electrons. The Bertz CT molecular complexity index is 399.